The van der Waals surface area contributed by atoms with Gasteiger partial charge < -0.3 is 10.6 Å². The first-order valence-corrected chi connectivity index (χ1v) is 9.48. The topological polar surface area (TPSA) is 87.3 Å². The van der Waals surface area contributed by atoms with E-state index in [9.17, 15) is 17.6 Å². The van der Waals surface area contributed by atoms with Gasteiger partial charge in [-0.2, -0.15) is 0 Å². The van der Waals surface area contributed by atoms with Gasteiger partial charge in [0.05, 0.1) is 6.26 Å². The van der Waals surface area contributed by atoms with Gasteiger partial charge in [0.1, 0.15) is 11.9 Å². The average Bonchev–Trinajstić information content (AvgIpc) is 2.54. The smallest absolute Gasteiger partial charge is 0.242 e. The van der Waals surface area contributed by atoms with Gasteiger partial charge in [0, 0.05) is 17.9 Å². The number of nitrogens with one attached hydrogen (secondary N) is 3. The molecule has 3 N–H and O–H groups in total. The molecule has 1 atom stereocenters. The number of carbonyl (C=O) groups excluding carboxylic acids is 1. The van der Waals surface area contributed by atoms with Gasteiger partial charge in [-0.1, -0.05) is 12.1 Å². The van der Waals surface area contributed by atoms with E-state index in [1.54, 1.807) is 43.3 Å². The van der Waals surface area contributed by atoms with Crippen molar-refractivity contribution in [3.05, 3.63) is 59.9 Å². The van der Waals surface area contributed by atoms with Crippen LogP contribution >= 0.6 is 0 Å². The first-order chi connectivity index (χ1) is 11.7. The molecule has 2 aromatic rings. The van der Waals surface area contributed by atoms with E-state index in [4.69, 9.17) is 0 Å². The molecule has 134 valence electrons. The van der Waals surface area contributed by atoms with Crippen LogP contribution in [0.3, 0.4) is 0 Å². The van der Waals surface area contributed by atoms with E-state index in [1.165, 1.54) is 12.1 Å². The van der Waals surface area contributed by atoms with E-state index in [0.29, 0.717) is 17.9 Å². The van der Waals surface area contributed by atoms with Crippen LogP contribution in [-0.4, -0.2) is 26.6 Å². The van der Waals surface area contributed by atoms with Crippen molar-refractivity contribution in [2.24, 2.45) is 0 Å². The van der Waals surface area contributed by atoms with Crippen LogP contribution in [0.4, 0.5) is 15.8 Å². The minimum absolute atomic E-state index is 0.206. The number of halogens is 1. The zero-order valence-corrected chi connectivity index (χ0v) is 14.7. The van der Waals surface area contributed by atoms with Crippen molar-refractivity contribution < 1.29 is 17.6 Å². The molecular formula is C17H20FN3O3S. The number of anilines is 2. The standard InChI is InChI=1S/C17H20FN3O3S/c1-12(17(22)19-11-13-3-5-14(18)6-4-13)20-15-7-9-16(10-8-15)21-25(2,23)24/h3-10,12,20-21H,11H2,1-2H3,(H,19,22). The Morgan fingerprint density at radius 3 is 2.16 bits per heavy atom. The Balaban J connectivity index is 1.86. The summed E-state index contributed by atoms with van der Waals surface area (Å²) in [5.41, 5.74) is 1.93. The van der Waals surface area contributed by atoms with E-state index >= 15 is 0 Å². The summed E-state index contributed by atoms with van der Waals surface area (Å²) in [4.78, 5) is 12.1. The van der Waals surface area contributed by atoms with Crippen molar-refractivity contribution in [2.45, 2.75) is 19.5 Å². The van der Waals surface area contributed by atoms with Gasteiger partial charge >= 0.3 is 0 Å². The van der Waals surface area contributed by atoms with Gasteiger partial charge in [0.25, 0.3) is 0 Å². The van der Waals surface area contributed by atoms with Crippen LogP contribution in [0.1, 0.15) is 12.5 Å². The highest BCUT2D eigenvalue weighted by Gasteiger charge is 2.12. The lowest BCUT2D eigenvalue weighted by molar-refractivity contribution is -0.121. The van der Waals surface area contributed by atoms with E-state index in [1.807, 2.05) is 0 Å². The van der Waals surface area contributed by atoms with Crippen molar-refractivity contribution in [3.8, 4) is 0 Å². The SMILES string of the molecule is CC(Nc1ccc(NS(C)(=O)=O)cc1)C(=O)NCc1ccc(F)cc1. The fraction of sp³-hybridized carbons (Fsp3) is 0.235. The molecule has 0 aromatic heterocycles. The number of hydrogen-bond donors (Lipinski definition) is 3. The second kappa shape index (κ2) is 7.98. The van der Waals surface area contributed by atoms with Crippen molar-refractivity contribution >= 4 is 27.3 Å². The van der Waals surface area contributed by atoms with Gasteiger partial charge in [-0.3, -0.25) is 9.52 Å². The summed E-state index contributed by atoms with van der Waals surface area (Å²) in [6.45, 7) is 2.02. The largest absolute Gasteiger partial charge is 0.374 e. The molecule has 1 amide bonds. The van der Waals surface area contributed by atoms with Gasteiger partial charge in [-0.15, -0.1) is 0 Å². The average molecular weight is 365 g/mol. The lowest BCUT2D eigenvalue weighted by Gasteiger charge is -2.16. The maximum Gasteiger partial charge on any atom is 0.242 e. The molecule has 0 aliphatic heterocycles. The number of hydrogen-bond acceptors (Lipinski definition) is 4. The van der Waals surface area contributed by atoms with Gasteiger partial charge in [0.15, 0.2) is 0 Å². The zero-order valence-electron chi connectivity index (χ0n) is 13.9. The van der Waals surface area contributed by atoms with E-state index in [2.05, 4.69) is 15.4 Å². The fourth-order valence-corrected chi connectivity index (χ4v) is 2.67. The summed E-state index contributed by atoms with van der Waals surface area (Å²) in [5.74, 6) is -0.526. The summed E-state index contributed by atoms with van der Waals surface area (Å²) in [7, 11) is -3.32. The minimum atomic E-state index is -3.32. The van der Waals surface area contributed by atoms with Crippen LogP contribution in [0.2, 0.25) is 0 Å². The summed E-state index contributed by atoms with van der Waals surface area (Å²) in [6, 6.07) is 12.0. The van der Waals surface area contributed by atoms with Crippen LogP contribution in [0, 0.1) is 5.82 Å². The molecule has 2 rings (SSSR count). The quantitative estimate of drug-likeness (QED) is 0.703. The number of amides is 1. The lowest BCUT2D eigenvalue weighted by Crippen LogP contribution is -2.37. The molecule has 0 saturated carbocycles. The van der Waals surface area contributed by atoms with Crippen LogP contribution in [0.25, 0.3) is 0 Å². The molecule has 0 aliphatic rings. The van der Waals surface area contributed by atoms with Crippen LogP contribution in [0.15, 0.2) is 48.5 Å². The Hall–Kier alpha value is -2.61. The summed E-state index contributed by atoms with van der Waals surface area (Å²) < 4.78 is 37.5. The molecule has 0 aliphatic carbocycles. The Kier molecular flexibility index (Phi) is 5.97. The molecule has 25 heavy (non-hydrogen) atoms. The third-order valence-corrected chi connectivity index (χ3v) is 3.95. The molecule has 0 saturated heterocycles. The number of sulfonamides is 1. The van der Waals surface area contributed by atoms with Crippen molar-refractivity contribution in [1.82, 2.24) is 5.32 Å². The normalized spacial score (nSPS) is 12.3. The second-order valence-corrected chi connectivity index (χ2v) is 7.41. The molecular weight excluding hydrogens is 345 g/mol. The number of carbonyl (C=O) groups is 1. The molecule has 6 nitrogen and oxygen atoms in total. The Morgan fingerprint density at radius 1 is 1.04 bits per heavy atom. The van der Waals surface area contributed by atoms with Crippen LogP contribution in [0.5, 0.6) is 0 Å². The summed E-state index contributed by atoms with van der Waals surface area (Å²) >= 11 is 0. The first-order valence-electron chi connectivity index (χ1n) is 7.59. The van der Waals surface area contributed by atoms with Crippen molar-refractivity contribution in [2.75, 3.05) is 16.3 Å². The third kappa shape index (κ3) is 6.42. The molecule has 0 fully saturated rings. The van der Waals surface area contributed by atoms with E-state index in [0.717, 1.165) is 11.8 Å². The highest BCUT2D eigenvalue weighted by Crippen LogP contribution is 2.15. The molecule has 8 heteroatoms. The van der Waals surface area contributed by atoms with Crippen molar-refractivity contribution in [3.63, 3.8) is 0 Å². The Labute approximate surface area is 146 Å². The summed E-state index contributed by atoms with van der Waals surface area (Å²) in [6.07, 6.45) is 1.08. The predicted octanol–water partition coefficient (Wildman–Crippen LogP) is 2.31. The molecule has 0 radical (unpaired) electrons. The summed E-state index contributed by atoms with van der Waals surface area (Å²) in [5, 5.41) is 5.79. The monoisotopic (exact) mass is 365 g/mol. The fourth-order valence-electron chi connectivity index (χ4n) is 2.11. The molecule has 0 bridgehead atoms. The maximum atomic E-state index is 12.8. The molecule has 2 aromatic carbocycles. The van der Waals surface area contributed by atoms with Gasteiger partial charge in [-0.05, 0) is 48.9 Å². The lowest BCUT2D eigenvalue weighted by atomic mass is 10.2. The first kappa shape index (κ1) is 18.7. The van der Waals surface area contributed by atoms with E-state index < -0.39 is 16.1 Å². The second-order valence-electron chi connectivity index (χ2n) is 5.66. The van der Waals surface area contributed by atoms with Crippen molar-refractivity contribution in [1.29, 1.82) is 0 Å². The van der Waals surface area contributed by atoms with Gasteiger partial charge in [0.2, 0.25) is 15.9 Å². The van der Waals surface area contributed by atoms with Gasteiger partial charge in [-0.25, -0.2) is 12.8 Å². The number of benzene rings is 2. The minimum Gasteiger partial charge on any atom is -0.374 e. The Morgan fingerprint density at radius 2 is 1.60 bits per heavy atom. The third-order valence-electron chi connectivity index (χ3n) is 3.34. The molecule has 0 heterocycles. The zero-order chi connectivity index (χ0) is 18.4. The molecule has 0 spiro atoms. The highest BCUT2D eigenvalue weighted by atomic mass is 32.2. The van der Waals surface area contributed by atoms with Crippen LogP contribution in [-0.2, 0) is 21.4 Å². The Bertz CT molecular complexity index is 821. The maximum absolute atomic E-state index is 12.8. The van der Waals surface area contributed by atoms with E-state index in [-0.39, 0.29) is 11.7 Å². The predicted molar refractivity (Wildman–Crippen MR) is 96.2 cm³/mol. The van der Waals surface area contributed by atoms with Crippen LogP contribution < -0.4 is 15.4 Å². The molecule has 1 unspecified atom stereocenters. The highest BCUT2D eigenvalue weighted by molar-refractivity contribution is 7.92. The number of rotatable bonds is 7.